The summed E-state index contributed by atoms with van der Waals surface area (Å²) < 4.78 is 0. The predicted octanol–water partition coefficient (Wildman–Crippen LogP) is 4.24. The van der Waals surface area contributed by atoms with Crippen molar-refractivity contribution >= 4 is 0 Å². The third-order valence-electron chi connectivity index (χ3n) is 4.12. The Morgan fingerprint density at radius 2 is 1.88 bits per heavy atom. The maximum atomic E-state index is 2.66. The molecule has 1 saturated heterocycles. The highest BCUT2D eigenvalue weighted by Crippen LogP contribution is 2.38. The Bertz CT molecular complexity index is 400. The Kier molecular flexibility index (Phi) is 3.31. The first-order valence-corrected chi connectivity index (χ1v) is 6.74. The van der Waals surface area contributed by atoms with E-state index in [-0.39, 0.29) is 5.54 Å². The molecule has 0 N–H and O–H groups in total. The molecule has 1 heterocycles. The molecule has 1 aromatic rings. The van der Waals surface area contributed by atoms with Crippen molar-refractivity contribution in [3.63, 3.8) is 0 Å². The number of hydrogen-bond donors (Lipinski definition) is 0. The first kappa shape index (κ1) is 12.6. The molecule has 94 valence electrons. The topological polar surface area (TPSA) is 3.24 Å². The van der Waals surface area contributed by atoms with Crippen LogP contribution >= 0.6 is 0 Å². The Hall–Kier alpha value is -0.820. The van der Waals surface area contributed by atoms with Gasteiger partial charge in [0.2, 0.25) is 0 Å². The minimum atomic E-state index is 0.275. The lowest BCUT2D eigenvalue weighted by Crippen LogP contribution is -2.40. The van der Waals surface area contributed by atoms with Crippen molar-refractivity contribution in [2.24, 2.45) is 0 Å². The third kappa shape index (κ3) is 2.40. The minimum Gasteiger partial charge on any atom is -0.291 e. The van der Waals surface area contributed by atoms with E-state index >= 15 is 0 Å². The van der Waals surface area contributed by atoms with Crippen LogP contribution in [0.2, 0.25) is 0 Å². The fourth-order valence-electron chi connectivity index (χ4n) is 3.03. The van der Waals surface area contributed by atoms with Crippen LogP contribution in [0, 0.1) is 13.8 Å². The van der Waals surface area contributed by atoms with Gasteiger partial charge in [0.15, 0.2) is 0 Å². The molecule has 1 aromatic carbocycles. The van der Waals surface area contributed by atoms with Gasteiger partial charge in [-0.25, -0.2) is 0 Å². The van der Waals surface area contributed by atoms with E-state index in [0.717, 1.165) is 0 Å². The number of likely N-dealkylation sites (tertiary alicyclic amines) is 1. The van der Waals surface area contributed by atoms with Gasteiger partial charge in [0, 0.05) is 11.6 Å². The third-order valence-corrected chi connectivity index (χ3v) is 4.12. The molecule has 1 nitrogen and oxygen atoms in total. The summed E-state index contributed by atoms with van der Waals surface area (Å²) in [7, 11) is 0. The molecular weight excluding hydrogens is 206 g/mol. The Balaban J connectivity index is 2.36. The maximum absolute atomic E-state index is 2.66. The van der Waals surface area contributed by atoms with Crippen molar-refractivity contribution in [1.82, 2.24) is 4.90 Å². The summed E-state index contributed by atoms with van der Waals surface area (Å²) >= 11 is 0. The second-order valence-electron chi connectivity index (χ2n) is 6.31. The number of rotatable bonds is 1. The van der Waals surface area contributed by atoms with Crippen LogP contribution in [-0.2, 0) is 0 Å². The molecule has 17 heavy (non-hydrogen) atoms. The van der Waals surface area contributed by atoms with Gasteiger partial charge in [-0.1, -0.05) is 18.2 Å². The van der Waals surface area contributed by atoms with Crippen molar-refractivity contribution in [3.05, 3.63) is 34.9 Å². The summed E-state index contributed by atoms with van der Waals surface area (Å²) in [4.78, 5) is 2.66. The molecule has 0 bridgehead atoms. The number of benzene rings is 1. The van der Waals surface area contributed by atoms with Gasteiger partial charge in [0.25, 0.3) is 0 Å². The Labute approximate surface area is 106 Å². The van der Waals surface area contributed by atoms with Crippen LogP contribution in [0.3, 0.4) is 0 Å². The van der Waals surface area contributed by atoms with E-state index in [4.69, 9.17) is 0 Å². The fraction of sp³-hybridized carbons (Fsp3) is 0.625. The van der Waals surface area contributed by atoms with Gasteiger partial charge < -0.3 is 0 Å². The van der Waals surface area contributed by atoms with E-state index in [2.05, 4.69) is 57.7 Å². The van der Waals surface area contributed by atoms with Crippen LogP contribution in [0.25, 0.3) is 0 Å². The lowest BCUT2D eigenvalue weighted by molar-refractivity contribution is 0.121. The first-order chi connectivity index (χ1) is 7.91. The zero-order valence-electron chi connectivity index (χ0n) is 11.9. The Morgan fingerprint density at radius 3 is 2.53 bits per heavy atom. The lowest BCUT2D eigenvalue weighted by Gasteiger charge is -2.38. The minimum absolute atomic E-state index is 0.275. The van der Waals surface area contributed by atoms with Crippen LogP contribution in [0.4, 0.5) is 0 Å². The Morgan fingerprint density at radius 1 is 1.18 bits per heavy atom. The van der Waals surface area contributed by atoms with Crippen LogP contribution in [0.1, 0.15) is 56.3 Å². The average Bonchev–Trinajstić information content (AvgIpc) is 2.70. The summed E-state index contributed by atoms with van der Waals surface area (Å²) in [5, 5.41) is 0. The average molecular weight is 231 g/mol. The van der Waals surface area contributed by atoms with Gasteiger partial charge in [-0.15, -0.1) is 0 Å². The monoisotopic (exact) mass is 231 g/mol. The fourth-order valence-corrected chi connectivity index (χ4v) is 3.03. The molecule has 2 rings (SSSR count). The van der Waals surface area contributed by atoms with Crippen molar-refractivity contribution in [1.29, 1.82) is 0 Å². The molecule has 1 aliphatic rings. The highest BCUT2D eigenvalue weighted by Gasteiger charge is 2.34. The van der Waals surface area contributed by atoms with Crippen molar-refractivity contribution in [3.8, 4) is 0 Å². The zero-order valence-corrected chi connectivity index (χ0v) is 11.9. The van der Waals surface area contributed by atoms with Gasteiger partial charge in [0.1, 0.15) is 0 Å². The molecular formula is C16H25N. The molecule has 0 spiro atoms. The van der Waals surface area contributed by atoms with Crippen molar-refractivity contribution in [2.75, 3.05) is 6.54 Å². The van der Waals surface area contributed by atoms with Gasteiger partial charge in [-0.2, -0.15) is 0 Å². The smallest absolute Gasteiger partial charge is 0.0356 e. The van der Waals surface area contributed by atoms with Gasteiger partial charge in [-0.3, -0.25) is 4.90 Å². The molecule has 0 aliphatic carbocycles. The van der Waals surface area contributed by atoms with E-state index < -0.39 is 0 Å². The van der Waals surface area contributed by atoms with Crippen molar-refractivity contribution in [2.45, 2.75) is 59.0 Å². The van der Waals surface area contributed by atoms with E-state index in [1.165, 1.54) is 36.1 Å². The van der Waals surface area contributed by atoms with Gasteiger partial charge in [-0.05, 0) is 70.7 Å². The molecule has 1 aliphatic heterocycles. The molecule has 0 aromatic heterocycles. The summed E-state index contributed by atoms with van der Waals surface area (Å²) in [6, 6.07) is 7.36. The summed E-state index contributed by atoms with van der Waals surface area (Å²) in [5.41, 5.74) is 4.71. The van der Waals surface area contributed by atoms with Gasteiger partial charge >= 0.3 is 0 Å². The second kappa shape index (κ2) is 4.45. The normalized spacial score (nSPS) is 22.1. The number of aryl methyl sites for hydroxylation is 1. The molecule has 1 atom stereocenters. The molecule has 0 radical (unpaired) electrons. The van der Waals surface area contributed by atoms with E-state index in [0.29, 0.717) is 6.04 Å². The molecule has 0 saturated carbocycles. The highest BCUT2D eigenvalue weighted by molar-refractivity contribution is 5.36. The van der Waals surface area contributed by atoms with Crippen LogP contribution in [0.5, 0.6) is 0 Å². The molecule has 1 fully saturated rings. The quantitative estimate of drug-likeness (QED) is 0.699. The summed E-state index contributed by atoms with van der Waals surface area (Å²) in [5.74, 6) is 0. The molecule has 0 amide bonds. The lowest BCUT2D eigenvalue weighted by atomic mass is 9.94. The largest absolute Gasteiger partial charge is 0.291 e. The van der Waals surface area contributed by atoms with E-state index in [1.807, 2.05) is 0 Å². The highest BCUT2D eigenvalue weighted by atomic mass is 15.2. The standard InChI is InChI=1S/C16H25N/c1-12-8-6-9-14(13(12)2)15-10-7-11-17(15)16(3,4)5/h6,8-9,15H,7,10-11H2,1-5H3. The van der Waals surface area contributed by atoms with Crippen LogP contribution in [-0.4, -0.2) is 17.0 Å². The number of nitrogens with zero attached hydrogens (tertiary/aromatic N) is 1. The molecule has 1 unspecified atom stereocenters. The second-order valence-corrected chi connectivity index (χ2v) is 6.31. The predicted molar refractivity (Wildman–Crippen MR) is 74.4 cm³/mol. The molecule has 1 heteroatoms. The maximum Gasteiger partial charge on any atom is 0.0356 e. The van der Waals surface area contributed by atoms with Crippen LogP contribution in [0.15, 0.2) is 18.2 Å². The number of hydrogen-bond acceptors (Lipinski definition) is 1. The van der Waals surface area contributed by atoms with Crippen LogP contribution < -0.4 is 0 Å². The van der Waals surface area contributed by atoms with E-state index in [9.17, 15) is 0 Å². The summed E-state index contributed by atoms with van der Waals surface area (Å²) in [6.45, 7) is 12.7. The first-order valence-electron chi connectivity index (χ1n) is 6.74. The van der Waals surface area contributed by atoms with Gasteiger partial charge in [0.05, 0.1) is 0 Å². The van der Waals surface area contributed by atoms with Crippen molar-refractivity contribution < 1.29 is 0 Å². The van der Waals surface area contributed by atoms with E-state index in [1.54, 1.807) is 0 Å². The summed E-state index contributed by atoms with van der Waals surface area (Å²) in [6.07, 6.45) is 2.64. The SMILES string of the molecule is Cc1cccc(C2CCCN2C(C)(C)C)c1C. The zero-order chi connectivity index (χ0) is 12.6.